The monoisotopic (exact) mass is 343 g/mol. The van der Waals surface area contributed by atoms with Crippen LogP contribution in [0.2, 0.25) is 5.02 Å². The van der Waals surface area contributed by atoms with E-state index in [4.69, 9.17) is 16.7 Å². The quantitative estimate of drug-likeness (QED) is 0.892. The van der Waals surface area contributed by atoms with E-state index < -0.39 is 21.8 Å². The molecule has 116 valence electrons. The van der Waals surface area contributed by atoms with Gasteiger partial charge in [0.1, 0.15) is 5.82 Å². The normalized spacial score (nSPS) is 11.2. The molecule has 0 saturated heterocycles. The SMILES string of the molecule is Cc1ccc(C(=O)O)cc1S(=O)(=O)Nc1ccc(F)c(Cl)c1. The first-order chi connectivity index (χ1) is 10.2. The lowest BCUT2D eigenvalue weighted by molar-refractivity contribution is 0.0696. The Hall–Kier alpha value is -2.12. The molecule has 0 atom stereocenters. The van der Waals surface area contributed by atoms with Gasteiger partial charge in [-0.05, 0) is 42.8 Å². The van der Waals surface area contributed by atoms with Gasteiger partial charge in [-0.25, -0.2) is 17.6 Å². The number of sulfonamides is 1. The average molecular weight is 344 g/mol. The van der Waals surface area contributed by atoms with E-state index in [1.54, 1.807) is 0 Å². The lowest BCUT2D eigenvalue weighted by Crippen LogP contribution is -2.15. The van der Waals surface area contributed by atoms with Gasteiger partial charge in [0.15, 0.2) is 0 Å². The van der Waals surface area contributed by atoms with Crippen molar-refractivity contribution in [3.63, 3.8) is 0 Å². The molecule has 0 aliphatic heterocycles. The molecule has 0 amide bonds. The predicted molar refractivity (Wildman–Crippen MR) is 80.4 cm³/mol. The molecule has 0 aromatic heterocycles. The number of benzene rings is 2. The van der Waals surface area contributed by atoms with Crippen LogP contribution in [0.1, 0.15) is 15.9 Å². The van der Waals surface area contributed by atoms with Crippen LogP contribution < -0.4 is 4.72 Å². The van der Waals surface area contributed by atoms with Crippen LogP contribution in [0, 0.1) is 12.7 Å². The largest absolute Gasteiger partial charge is 0.478 e. The first-order valence-corrected chi connectivity index (χ1v) is 7.88. The lowest BCUT2D eigenvalue weighted by atomic mass is 10.1. The Balaban J connectivity index is 2.44. The highest BCUT2D eigenvalue weighted by atomic mass is 35.5. The summed E-state index contributed by atoms with van der Waals surface area (Å²) in [7, 11) is -4.02. The Kier molecular flexibility index (Phi) is 4.39. The van der Waals surface area contributed by atoms with Crippen molar-refractivity contribution in [2.75, 3.05) is 4.72 Å². The van der Waals surface area contributed by atoms with E-state index in [0.717, 1.165) is 18.2 Å². The van der Waals surface area contributed by atoms with Gasteiger partial charge >= 0.3 is 5.97 Å². The Morgan fingerprint density at radius 1 is 1.23 bits per heavy atom. The minimum atomic E-state index is -4.02. The molecule has 0 heterocycles. The zero-order chi connectivity index (χ0) is 16.5. The number of carboxylic acid groups (broad SMARTS) is 1. The summed E-state index contributed by atoms with van der Waals surface area (Å²) >= 11 is 5.60. The molecule has 2 aromatic rings. The molecule has 0 aliphatic rings. The maximum Gasteiger partial charge on any atom is 0.335 e. The first kappa shape index (κ1) is 16.3. The highest BCUT2D eigenvalue weighted by Gasteiger charge is 2.19. The van der Waals surface area contributed by atoms with Gasteiger partial charge in [-0.15, -0.1) is 0 Å². The molecule has 0 unspecified atom stereocenters. The molecule has 0 aliphatic carbocycles. The summed E-state index contributed by atoms with van der Waals surface area (Å²) in [6.45, 7) is 1.54. The smallest absolute Gasteiger partial charge is 0.335 e. The van der Waals surface area contributed by atoms with Crippen LogP contribution in [-0.4, -0.2) is 19.5 Å². The van der Waals surface area contributed by atoms with Crippen molar-refractivity contribution in [1.29, 1.82) is 0 Å². The number of rotatable bonds is 4. The molecule has 2 aromatic carbocycles. The Morgan fingerprint density at radius 2 is 1.91 bits per heavy atom. The van der Waals surface area contributed by atoms with E-state index in [-0.39, 0.29) is 21.2 Å². The number of aryl methyl sites for hydroxylation is 1. The number of nitrogens with one attached hydrogen (secondary N) is 1. The Morgan fingerprint density at radius 3 is 2.50 bits per heavy atom. The Bertz CT molecular complexity index is 852. The summed E-state index contributed by atoms with van der Waals surface area (Å²) < 4.78 is 40.0. The second kappa shape index (κ2) is 5.94. The maximum atomic E-state index is 13.1. The lowest BCUT2D eigenvalue weighted by Gasteiger charge is -2.11. The molecule has 0 radical (unpaired) electrons. The molecule has 0 spiro atoms. The molecule has 22 heavy (non-hydrogen) atoms. The van der Waals surface area contributed by atoms with Gasteiger partial charge in [-0.2, -0.15) is 0 Å². The summed E-state index contributed by atoms with van der Waals surface area (Å²) in [6.07, 6.45) is 0. The summed E-state index contributed by atoms with van der Waals surface area (Å²) in [6, 6.07) is 7.15. The van der Waals surface area contributed by atoms with E-state index in [1.165, 1.54) is 25.1 Å². The molecule has 5 nitrogen and oxygen atoms in total. The third kappa shape index (κ3) is 3.37. The predicted octanol–water partition coefficient (Wildman–Crippen LogP) is 3.29. The van der Waals surface area contributed by atoms with Crippen LogP contribution in [-0.2, 0) is 10.0 Å². The topological polar surface area (TPSA) is 83.5 Å². The van der Waals surface area contributed by atoms with Crippen LogP contribution in [0.15, 0.2) is 41.3 Å². The molecule has 2 rings (SSSR count). The zero-order valence-electron chi connectivity index (χ0n) is 11.3. The van der Waals surface area contributed by atoms with E-state index in [9.17, 15) is 17.6 Å². The fourth-order valence-electron chi connectivity index (χ4n) is 1.79. The number of hydrogen-bond acceptors (Lipinski definition) is 3. The van der Waals surface area contributed by atoms with Crippen molar-refractivity contribution in [3.05, 3.63) is 58.4 Å². The van der Waals surface area contributed by atoms with E-state index in [2.05, 4.69) is 4.72 Å². The van der Waals surface area contributed by atoms with Crippen molar-refractivity contribution in [2.24, 2.45) is 0 Å². The van der Waals surface area contributed by atoms with Crippen molar-refractivity contribution in [1.82, 2.24) is 0 Å². The number of carbonyl (C=O) groups is 1. The Labute approximate surface area is 131 Å². The number of aromatic carboxylic acids is 1. The second-order valence-corrected chi connectivity index (χ2v) is 6.58. The highest BCUT2D eigenvalue weighted by Crippen LogP contribution is 2.24. The van der Waals surface area contributed by atoms with Gasteiger partial charge in [0.25, 0.3) is 10.0 Å². The van der Waals surface area contributed by atoms with Crippen molar-refractivity contribution in [3.8, 4) is 0 Å². The van der Waals surface area contributed by atoms with Crippen LogP contribution in [0.5, 0.6) is 0 Å². The van der Waals surface area contributed by atoms with Gasteiger partial charge in [0.05, 0.1) is 21.2 Å². The molecule has 0 fully saturated rings. The highest BCUT2D eigenvalue weighted by molar-refractivity contribution is 7.92. The van der Waals surface area contributed by atoms with Crippen molar-refractivity contribution in [2.45, 2.75) is 11.8 Å². The third-order valence-corrected chi connectivity index (χ3v) is 4.71. The average Bonchev–Trinajstić information content (AvgIpc) is 2.42. The van der Waals surface area contributed by atoms with Crippen molar-refractivity contribution < 1.29 is 22.7 Å². The van der Waals surface area contributed by atoms with Gasteiger partial charge < -0.3 is 5.11 Å². The van der Waals surface area contributed by atoms with Crippen LogP contribution in [0.25, 0.3) is 0 Å². The number of halogens is 2. The van der Waals surface area contributed by atoms with Crippen LogP contribution in [0.4, 0.5) is 10.1 Å². The molecule has 2 N–H and O–H groups in total. The standard InChI is InChI=1S/C14H11ClFNO4S/c1-8-2-3-9(14(18)19)6-13(8)22(20,21)17-10-4-5-12(16)11(15)7-10/h2-7,17H,1H3,(H,18,19). The molecule has 8 heteroatoms. The molecule has 0 saturated carbocycles. The second-order valence-electron chi connectivity index (χ2n) is 4.52. The fraction of sp³-hybridized carbons (Fsp3) is 0.0714. The fourth-order valence-corrected chi connectivity index (χ4v) is 3.29. The molecular formula is C14H11ClFNO4S. The van der Waals surface area contributed by atoms with Gasteiger partial charge in [-0.3, -0.25) is 4.72 Å². The molecule has 0 bridgehead atoms. The van der Waals surface area contributed by atoms with Crippen molar-refractivity contribution >= 4 is 33.3 Å². The third-order valence-electron chi connectivity index (χ3n) is 2.90. The van der Waals surface area contributed by atoms with Gasteiger partial charge in [0.2, 0.25) is 0 Å². The number of anilines is 1. The number of carboxylic acids is 1. The van der Waals surface area contributed by atoms with E-state index in [1.807, 2.05) is 0 Å². The minimum Gasteiger partial charge on any atom is -0.478 e. The zero-order valence-corrected chi connectivity index (χ0v) is 12.9. The van der Waals surface area contributed by atoms with Crippen LogP contribution in [0.3, 0.4) is 0 Å². The summed E-state index contributed by atoms with van der Waals surface area (Å²) in [5.74, 6) is -1.91. The summed E-state index contributed by atoms with van der Waals surface area (Å²) in [5.41, 5.74) is 0.306. The first-order valence-electron chi connectivity index (χ1n) is 6.02. The minimum absolute atomic E-state index is 0.0755. The maximum absolute atomic E-state index is 13.1. The summed E-state index contributed by atoms with van der Waals surface area (Å²) in [5, 5.41) is 8.72. The van der Waals surface area contributed by atoms with Crippen LogP contribution >= 0.6 is 11.6 Å². The van der Waals surface area contributed by atoms with E-state index >= 15 is 0 Å². The molecular weight excluding hydrogens is 333 g/mol. The summed E-state index contributed by atoms with van der Waals surface area (Å²) in [4.78, 5) is 10.8. The van der Waals surface area contributed by atoms with E-state index in [0.29, 0.717) is 5.56 Å². The van der Waals surface area contributed by atoms with Gasteiger partial charge in [-0.1, -0.05) is 17.7 Å². The van der Waals surface area contributed by atoms with Gasteiger partial charge in [0, 0.05) is 0 Å². The number of hydrogen-bond donors (Lipinski definition) is 2.